The number of rotatable bonds is 2. The highest BCUT2D eigenvalue weighted by molar-refractivity contribution is 5.93. The van der Waals surface area contributed by atoms with Gasteiger partial charge in [-0.25, -0.2) is 0 Å². The number of hydrogen-bond donors (Lipinski definition) is 3. The van der Waals surface area contributed by atoms with E-state index in [9.17, 15) is 9.90 Å². The topological polar surface area (TPSA) is 75.4 Å². The summed E-state index contributed by atoms with van der Waals surface area (Å²) in [6.07, 6.45) is 3.38. The third-order valence-electron chi connectivity index (χ3n) is 4.76. The van der Waals surface area contributed by atoms with Crippen LogP contribution in [0.5, 0.6) is 5.75 Å². The third-order valence-corrected chi connectivity index (χ3v) is 4.76. The maximum Gasteiger partial charge on any atom is 0.229 e. The second-order valence-electron chi connectivity index (χ2n) is 5.93. The van der Waals surface area contributed by atoms with Crippen molar-refractivity contribution in [1.82, 2.24) is 0 Å². The molecular formula is C15H20N2O2. The van der Waals surface area contributed by atoms with Gasteiger partial charge in [-0.05, 0) is 49.7 Å². The summed E-state index contributed by atoms with van der Waals surface area (Å²) in [5.41, 5.74) is 7.60. The number of benzene rings is 1. The average molecular weight is 260 g/mol. The van der Waals surface area contributed by atoms with Crippen molar-refractivity contribution in [3.8, 4) is 5.75 Å². The summed E-state index contributed by atoms with van der Waals surface area (Å²) in [6, 6.07) is 5.20. The van der Waals surface area contributed by atoms with Crippen molar-refractivity contribution in [2.45, 2.75) is 32.2 Å². The number of amides is 1. The lowest BCUT2D eigenvalue weighted by Gasteiger charge is -2.27. The molecule has 0 radical (unpaired) electrons. The van der Waals surface area contributed by atoms with E-state index in [4.69, 9.17) is 5.73 Å². The first-order chi connectivity index (χ1) is 9.06. The van der Waals surface area contributed by atoms with Gasteiger partial charge >= 0.3 is 0 Å². The second-order valence-corrected chi connectivity index (χ2v) is 5.93. The van der Waals surface area contributed by atoms with Crippen LogP contribution in [0.1, 0.15) is 24.8 Å². The standard InChI is InChI=1S/C15H20N2O2/c1-8-2-5-11(7-12(8)18)17-15(19)13-9-3-4-10(6-9)14(13)16/h2,5,7,9-10,13-14,18H,3-4,6,16H2,1H3,(H,17,19). The number of phenols is 1. The van der Waals surface area contributed by atoms with E-state index >= 15 is 0 Å². The van der Waals surface area contributed by atoms with Gasteiger partial charge in [0, 0.05) is 17.8 Å². The first-order valence-corrected chi connectivity index (χ1v) is 6.92. The van der Waals surface area contributed by atoms with Gasteiger partial charge in [-0.3, -0.25) is 4.79 Å². The summed E-state index contributed by atoms with van der Waals surface area (Å²) >= 11 is 0. The van der Waals surface area contributed by atoms with Gasteiger partial charge in [-0.1, -0.05) is 6.07 Å². The molecule has 1 aromatic carbocycles. The lowest BCUT2D eigenvalue weighted by atomic mass is 9.84. The SMILES string of the molecule is Cc1ccc(NC(=O)C2C3CCC(C3)C2N)cc1O. The number of anilines is 1. The van der Waals surface area contributed by atoms with Crippen molar-refractivity contribution in [3.05, 3.63) is 23.8 Å². The molecule has 4 heteroatoms. The monoisotopic (exact) mass is 260 g/mol. The van der Waals surface area contributed by atoms with Gasteiger partial charge in [0.15, 0.2) is 0 Å². The van der Waals surface area contributed by atoms with Crippen molar-refractivity contribution >= 4 is 11.6 Å². The van der Waals surface area contributed by atoms with Crippen molar-refractivity contribution < 1.29 is 9.90 Å². The van der Waals surface area contributed by atoms with Crippen LogP contribution in [0.15, 0.2) is 18.2 Å². The van der Waals surface area contributed by atoms with Crippen LogP contribution in [0, 0.1) is 24.7 Å². The van der Waals surface area contributed by atoms with Crippen molar-refractivity contribution in [3.63, 3.8) is 0 Å². The molecule has 0 heterocycles. The fourth-order valence-electron chi connectivity index (χ4n) is 3.64. The molecule has 2 aliphatic rings. The molecule has 3 rings (SSSR count). The summed E-state index contributed by atoms with van der Waals surface area (Å²) in [4.78, 5) is 12.3. The predicted molar refractivity (Wildman–Crippen MR) is 73.8 cm³/mol. The Bertz CT molecular complexity index is 513. The largest absolute Gasteiger partial charge is 0.508 e. The lowest BCUT2D eigenvalue weighted by Crippen LogP contribution is -2.42. The highest BCUT2D eigenvalue weighted by Gasteiger charge is 2.49. The van der Waals surface area contributed by atoms with Gasteiger partial charge < -0.3 is 16.2 Å². The molecule has 2 saturated carbocycles. The average Bonchev–Trinajstić information content (AvgIpc) is 2.94. The Morgan fingerprint density at radius 3 is 2.74 bits per heavy atom. The summed E-state index contributed by atoms with van der Waals surface area (Å²) in [5.74, 6) is 1.10. The summed E-state index contributed by atoms with van der Waals surface area (Å²) < 4.78 is 0. The van der Waals surface area contributed by atoms with Gasteiger partial charge in [0.05, 0.1) is 5.92 Å². The van der Waals surface area contributed by atoms with E-state index < -0.39 is 0 Å². The van der Waals surface area contributed by atoms with Crippen LogP contribution in [0.25, 0.3) is 0 Å². The number of hydrogen-bond acceptors (Lipinski definition) is 3. The highest BCUT2D eigenvalue weighted by atomic mass is 16.3. The van der Waals surface area contributed by atoms with E-state index in [-0.39, 0.29) is 23.6 Å². The molecule has 1 aromatic rings. The Kier molecular flexibility index (Phi) is 2.97. The first-order valence-electron chi connectivity index (χ1n) is 6.92. The van der Waals surface area contributed by atoms with E-state index in [2.05, 4.69) is 5.32 Å². The van der Waals surface area contributed by atoms with E-state index in [1.165, 1.54) is 6.42 Å². The molecular weight excluding hydrogens is 240 g/mol. The molecule has 2 aliphatic carbocycles. The Morgan fingerprint density at radius 2 is 2.11 bits per heavy atom. The van der Waals surface area contributed by atoms with Crippen LogP contribution < -0.4 is 11.1 Å². The Morgan fingerprint density at radius 1 is 1.37 bits per heavy atom. The minimum atomic E-state index is -0.0674. The van der Waals surface area contributed by atoms with Crippen molar-refractivity contribution in [1.29, 1.82) is 0 Å². The first kappa shape index (κ1) is 12.5. The van der Waals surface area contributed by atoms with Gasteiger partial charge in [-0.15, -0.1) is 0 Å². The zero-order valence-electron chi connectivity index (χ0n) is 11.1. The number of nitrogens with one attached hydrogen (secondary N) is 1. The minimum absolute atomic E-state index is 0.00204. The Hall–Kier alpha value is -1.55. The fourth-order valence-corrected chi connectivity index (χ4v) is 3.64. The molecule has 4 atom stereocenters. The van der Waals surface area contributed by atoms with E-state index in [1.807, 2.05) is 13.0 Å². The molecule has 102 valence electrons. The van der Waals surface area contributed by atoms with E-state index in [0.717, 1.165) is 18.4 Å². The highest BCUT2D eigenvalue weighted by Crippen LogP contribution is 2.47. The lowest BCUT2D eigenvalue weighted by molar-refractivity contribution is -0.121. The number of carbonyl (C=O) groups excluding carboxylic acids is 1. The maximum atomic E-state index is 12.3. The van der Waals surface area contributed by atoms with Crippen LogP contribution in [-0.2, 0) is 4.79 Å². The van der Waals surface area contributed by atoms with Gasteiger partial charge in [0.1, 0.15) is 5.75 Å². The second kappa shape index (κ2) is 4.53. The molecule has 0 aliphatic heterocycles. The number of phenolic OH excluding ortho intramolecular Hbond substituents is 1. The predicted octanol–water partition coefficient (Wildman–Crippen LogP) is 2.01. The molecule has 0 spiro atoms. The van der Waals surface area contributed by atoms with E-state index in [0.29, 0.717) is 17.5 Å². The molecule has 2 fully saturated rings. The number of fused-ring (bicyclic) bond motifs is 2. The normalized spacial score (nSPS) is 32.5. The van der Waals surface area contributed by atoms with Gasteiger partial charge in [0.2, 0.25) is 5.91 Å². The van der Waals surface area contributed by atoms with Crippen LogP contribution in [0.3, 0.4) is 0 Å². The van der Waals surface area contributed by atoms with Gasteiger partial charge in [0.25, 0.3) is 0 Å². The Labute approximate surface area is 113 Å². The molecule has 4 nitrogen and oxygen atoms in total. The van der Waals surface area contributed by atoms with Crippen LogP contribution in [0.2, 0.25) is 0 Å². The molecule has 4 N–H and O–H groups in total. The molecule has 0 aromatic heterocycles. The zero-order chi connectivity index (χ0) is 13.6. The van der Waals surface area contributed by atoms with E-state index in [1.54, 1.807) is 12.1 Å². The number of aromatic hydroxyl groups is 1. The number of carbonyl (C=O) groups is 1. The van der Waals surface area contributed by atoms with Crippen molar-refractivity contribution in [2.24, 2.45) is 23.5 Å². The summed E-state index contributed by atoms with van der Waals surface area (Å²) in [5, 5.41) is 12.5. The summed E-state index contributed by atoms with van der Waals surface area (Å²) in [7, 11) is 0. The quantitative estimate of drug-likeness (QED) is 0.761. The fraction of sp³-hybridized carbons (Fsp3) is 0.533. The van der Waals surface area contributed by atoms with Crippen LogP contribution >= 0.6 is 0 Å². The van der Waals surface area contributed by atoms with Crippen LogP contribution in [0.4, 0.5) is 5.69 Å². The number of nitrogens with two attached hydrogens (primary N) is 1. The van der Waals surface area contributed by atoms with Crippen molar-refractivity contribution in [2.75, 3.05) is 5.32 Å². The molecule has 19 heavy (non-hydrogen) atoms. The number of aryl methyl sites for hydroxylation is 1. The van der Waals surface area contributed by atoms with Gasteiger partial charge in [-0.2, -0.15) is 0 Å². The molecule has 2 bridgehead atoms. The third kappa shape index (κ3) is 2.10. The maximum absolute atomic E-state index is 12.3. The molecule has 4 unspecified atom stereocenters. The summed E-state index contributed by atoms with van der Waals surface area (Å²) in [6.45, 7) is 1.83. The Balaban J connectivity index is 1.73. The minimum Gasteiger partial charge on any atom is -0.508 e. The van der Waals surface area contributed by atoms with Crippen LogP contribution in [-0.4, -0.2) is 17.1 Å². The molecule has 0 saturated heterocycles. The molecule has 1 amide bonds. The smallest absolute Gasteiger partial charge is 0.229 e. The zero-order valence-corrected chi connectivity index (χ0v) is 11.1.